The number of aliphatic hydroxyl groups excluding tert-OH is 1. The Balaban J connectivity index is 2.02. The van der Waals surface area contributed by atoms with Gasteiger partial charge in [-0.1, -0.05) is 12.2 Å². The van der Waals surface area contributed by atoms with Crippen LogP contribution in [-0.4, -0.2) is 23.9 Å². The van der Waals surface area contributed by atoms with Crippen molar-refractivity contribution in [1.29, 1.82) is 0 Å². The van der Waals surface area contributed by atoms with Crippen LogP contribution in [0.2, 0.25) is 0 Å². The molecule has 2 heteroatoms. The SMILES string of the molecule is OCC1CC2C=CCC(C1)O2. The Morgan fingerprint density at radius 2 is 2.36 bits per heavy atom. The van der Waals surface area contributed by atoms with E-state index < -0.39 is 0 Å². The molecule has 0 aromatic carbocycles. The maximum Gasteiger partial charge on any atom is 0.0763 e. The molecule has 0 aromatic heterocycles. The van der Waals surface area contributed by atoms with Crippen LogP contribution >= 0.6 is 0 Å². The van der Waals surface area contributed by atoms with E-state index in [1.165, 1.54) is 0 Å². The summed E-state index contributed by atoms with van der Waals surface area (Å²) in [6.45, 7) is 0.324. The van der Waals surface area contributed by atoms with Crippen molar-refractivity contribution in [2.24, 2.45) is 5.92 Å². The summed E-state index contributed by atoms with van der Waals surface area (Å²) in [6.07, 6.45) is 8.08. The highest BCUT2D eigenvalue weighted by molar-refractivity contribution is 5.00. The minimum atomic E-state index is 0.291. The Kier molecular flexibility index (Phi) is 1.96. The normalized spacial score (nSPS) is 42.5. The van der Waals surface area contributed by atoms with Crippen molar-refractivity contribution < 1.29 is 9.84 Å². The van der Waals surface area contributed by atoms with Crippen LogP contribution in [0, 0.1) is 5.92 Å². The lowest BCUT2D eigenvalue weighted by atomic mass is 9.88. The van der Waals surface area contributed by atoms with E-state index >= 15 is 0 Å². The van der Waals surface area contributed by atoms with Gasteiger partial charge in [-0.15, -0.1) is 0 Å². The molecule has 2 aliphatic heterocycles. The zero-order valence-corrected chi connectivity index (χ0v) is 6.57. The fourth-order valence-corrected chi connectivity index (χ4v) is 1.96. The minimum Gasteiger partial charge on any atom is -0.396 e. The number of fused-ring (bicyclic) bond motifs is 2. The number of hydrogen-bond donors (Lipinski definition) is 1. The van der Waals surface area contributed by atoms with Gasteiger partial charge in [0.1, 0.15) is 0 Å². The first-order valence-electron chi connectivity index (χ1n) is 4.31. The molecule has 0 amide bonds. The molecule has 2 bridgehead atoms. The monoisotopic (exact) mass is 154 g/mol. The van der Waals surface area contributed by atoms with Gasteiger partial charge < -0.3 is 9.84 Å². The minimum absolute atomic E-state index is 0.291. The molecule has 2 rings (SSSR count). The van der Waals surface area contributed by atoms with Gasteiger partial charge in [0.15, 0.2) is 0 Å². The van der Waals surface area contributed by atoms with E-state index in [1.807, 2.05) is 0 Å². The summed E-state index contributed by atoms with van der Waals surface area (Å²) in [5, 5.41) is 8.97. The van der Waals surface area contributed by atoms with Crippen LogP contribution in [0.3, 0.4) is 0 Å². The van der Waals surface area contributed by atoms with Crippen LogP contribution in [0.1, 0.15) is 19.3 Å². The first-order valence-corrected chi connectivity index (χ1v) is 4.31. The van der Waals surface area contributed by atoms with Crippen LogP contribution in [0.25, 0.3) is 0 Å². The van der Waals surface area contributed by atoms with Crippen LogP contribution in [0.5, 0.6) is 0 Å². The third-order valence-electron chi connectivity index (χ3n) is 2.54. The first-order chi connectivity index (χ1) is 5.38. The molecule has 1 fully saturated rings. The van der Waals surface area contributed by atoms with E-state index in [0.29, 0.717) is 24.7 Å². The number of ether oxygens (including phenoxy) is 1. The Labute approximate surface area is 66.9 Å². The molecular formula is C9H14O2. The quantitative estimate of drug-likeness (QED) is 0.573. The zero-order valence-electron chi connectivity index (χ0n) is 6.57. The van der Waals surface area contributed by atoms with E-state index in [0.717, 1.165) is 19.3 Å². The summed E-state index contributed by atoms with van der Waals surface area (Å²) < 4.78 is 5.66. The van der Waals surface area contributed by atoms with Gasteiger partial charge in [-0.25, -0.2) is 0 Å². The van der Waals surface area contributed by atoms with E-state index in [4.69, 9.17) is 9.84 Å². The molecule has 2 heterocycles. The Bertz CT molecular complexity index is 165. The van der Waals surface area contributed by atoms with Gasteiger partial charge in [0, 0.05) is 6.61 Å². The molecule has 1 N–H and O–H groups in total. The van der Waals surface area contributed by atoms with Gasteiger partial charge in [-0.2, -0.15) is 0 Å². The molecule has 11 heavy (non-hydrogen) atoms. The highest BCUT2D eigenvalue weighted by atomic mass is 16.5. The molecule has 0 spiro atoms. The third kappa shape index (κ3) is 1.47. The molecule has 3 unspecified atom stereocenters. The maximum atomic E-state index is 8.97. The molecule has 3 atom stereocenters. The van der Waals surface area contributed by atoms with E-state index in [1.54, 1.807) is 0 Å². The molecule has 0 aliphatic carbocycles. The molecule has 1 saturated heterocycles. The fourth-order valence-electron chi connectivity index (χ4n) is 1.96. The van der Waals surface area contributed by atoms with E-state index in [-0.39, 0.29) is 0 Å². The van der Waals surface area contributed by atoms with Gasteiger partial charge in [0.05, 0.1) is 12.2 Å². The van der Waals surface area contributed by atoms with Gasteiger partial charge in [-0.3, -0.25) is 0 Å². The van der Waals surface area contributed by atoms with Gasteiger partial charge in [0.2, 0.25) is 0 Å². The Hall–Kier alpha value is -0.340. The highest BCUT2D eigenvalue weighted by Crippen LogP contribution is 2.30. The summed E-state index contributed by atoms with van der Waals surface area (Å²) >= 11 is 0. The molecule has 0 saturated carbocycles. The van der Waals surface area contributed by atoms with E-state index in [2.05, 4.69) is 12.2 Å². The molecule has 2 nitrogen and oxygen atoms in total. The standard InChI is InChI=1S/C9H14O2/c10-6-7-4-8-2-1-3-9(5-7)11-8/h1-2,7-10H,3-6H2. The lowest BCUT2D eigenvalue weighted by Crippen LogP contribution is -2.35. The summed E-state index contributed by atoms with van der Waals surface area (Å²) in [5.41, 5.74) is 0. The average molecular weight is 154 g/mol. The Morgan fingerprint density at radius 3 is 3.09 bits per heavy atom. The summed E-state index contributed by atoms with van der Waals surface area (Å²) in [4.78, 5) is 0. The highest BCUT2D eigenvalue weighted by Gasteiger charge is 2.29. The molecule has 0 aromatic rings. The van der Waals surface area contributed by atoms with Crippen LogP contribution < -0.4 is 0 Å². The van der Waals surface area contributed by atoms with Crippen molar-refractivity contribution in [2.45, 2.75) is 31.5 Å². The van der Waals surface area contributed by atoms with Crippen LogP contribution in [-0.2, 0) is 4.74 Å². The van der Waals surface area contributed by atoms with Crippen molar-refractivity contribution >= 4 is 0 Å². The van der Waals surface area contributed by atoms with E-state index in [9.17, 15) is 0 Å². The second-order valence-electron chi connectivity index (χ2n) is 3.48. The second kappa shape index (κ2) is 2.95. The topological polar surface area (TPSA) is 29.5 Å². The number of hydrogen-bond acceptors (Lipinski definition) is 2. The van der Waals surface area contributed by atoms with Crippen LogP contribution in [0.4, 0.5) is 0 Å². The number of aliphatic hydroxyl groups is 1. The average Bonchev–Trinajstić information content (AvgIpc) is 2.03. The first kappa shape index (κ1) is 7.32. The zero-order chi connectivity index (χ0) is 7.68. The molecule has 2 aliphatic rings. The van der Waals surface area contributed by atoms with Crippen LogP contribution in [0.15, 0.2) is 12.2 Å². The predicted octanol–water partition coefficient (Wildman–Crippen LogP) is 1.10. The lowest BCUT2D eigenvalue weighted by Gasteiger charge is -2.35. The largest absolute Gasteiger partial charge is 0.396 e. The van der Waals surface area contributed by atoms with Crippen molar-refractivity contribution in [3.05, 3.63) is 12.2 Å². The van der Waals surface area contributed by atoms with Gasteiger partial charge in [-0.05, 0) is 25.2 Å². The van der Waals surface area contributed by atoms with Gasteiger partial charge >= 0.3 is 0 Å². The Morgan fingerprint density at radius 1 is 1.45 bits per heavy atom. The molecular weight excluding hydrogens is 140 g/mol. The predicted molar refractivity (Wildman–Crippen MR) is 42.2 cm³/mol. The summed E-state index contributed by atoms with van der Waals surface area (Å²) in [6, 6.07) is 0. The maximum absolute atomic E-state index is 8.97. The van der Waals surface area contributed by atoms with Crippen molar-refractivity contribution in [1.82, 2.24) is 0 Å². The second-order valence-corrected chi connectivity index (χ2v) is 3.48. The fraction of sp³-hybridized carbons (Fsp3) is 0.778. The lowest BCUT2D eigenvalue weighted by molar-refractivity contribution is -0.0624. The summed E-state index contributed by atoms with van der Waals surface area (Å²) in [7, 11) is 0. The van der Waals surface area contributed by atoms with Crippen molar-refractivity contribution in [2.75, 3.05) is 6.61 Å². The smallest absolute Gasteiger partial charge is 0.0763 e. The molecule has 0 radical (unpaired) electrons. The van der Waals surface area contributed by atoms with Gasteiger partial charge in [0.25, 0.3) is 0 Å². The third-order valence-corrected chi connectivity index (χ3v) is 2.54. The summed E-state index contributed by atoms with van der Waals surface area (Å²) in [5.74, 6) is 0.476. The van der Waals surface area contributed by atoms with Crippen molar-refractivity contribution in [3.63, 3.8) is 0 Å². The van der Waals surface area contributed by atoms with Crippen molar-refractivity contribution in [3.8, 4) is 0 Å². The number of rotatable bonds is 1. The molecule has 62 valence electrons.